The van der Waals surface area contributed by atoms with E-state index in [1.807, 2.05) is 24.3 Å². The van der Waals surface area contributed by atoms with Crippen molar-refractivity contribution >= 4 is 5.69 Å². The van der Waals surface area contributed by atoms with E-state index in [2.05, 4.69) is 27.9 Å². The molecule has 0 aliphatic carbocycles. The molecular formula is C14H14N4. The van der Waals surface area contributed by atoms with Crippen LogP contribution in [-0.2, 0) is 6.54 Å². The zero-order valence-electron chi connectivity index (χ0n) is 10.2. The van der Waals surface area contributed by atoms with Crippen molar-refractivity contribution in [2.24, 2.45) is 0 Å². The summed E-state index contributed by atoms with van der Waals surface area (Å²) in [6.45, 7) is 3.64. The van der Waals surface area contributed by atoms with Gasteiger partial charge in [0.1, 0.15) is 6.07 Å². The number of nitriles is 1. The smallest absolute Gasteiger partial charge is 0.163 e. The lowest BCUT2D eigenvalue weighted by molar-refractivity contribution is 0.825. The minimum Gasteiger partial charge on any atom is -0.365 e. The molecular weight excluding hydrogens is 224 g/mol. The number of nitrogens with zero attached hydrogens (tertiary/aromatic N) is 4. The lowest BCUT2D eigenvalue weighted by atomic mass is 10.2. The van der Waals surface area contributed by atoms with Gasteiger partial charge in [-0.15, -0.1) is 0 Å². The predicted octanol–water partition coefficient (Wildman–Crippen LogP) is 2.37. The summed E-state index contributed by atoms with van der Waals surface area (Å²) in [6.07, 6.45) is 5.19. The van der Waals surface area contributed by atoms with E-state index in [1.165, 1.54) is 5.56 Å². The largest absolute Gasteiger partial charge is 0.365 e. The Labute approximate surface area is 107 Å². The summed E-state index contributed by atoms with van der Waals surface area (Å²) < 4.78 is 0. The lowest BCUT2D eigenvalue weighted by Crippen LogP contribution is -2.23. The van der Waals surface area contributed by atoms with Crippen LogP contribution in [0.25, 0.3) is 0 Å². The molecule has 0 spiro atoms. The van der Waals surface area contributed by atoms with Crippen molar-refractivity contribution in [2.45, 2.75) is 13.5 Å². The van der Waals surface area contributed by atoms with E-state index >= 15 is 0 Å². The molecule has 0 N–H and O–H groups in total. The number of rotatable bonds is 4. The highest BCUT2D eigenvalue weighted by atomic mass is 15.1. The number of hydrogen-bond donors (Lipinski definition) is 0. The van der Waals surface area contributed by atoms with Gasteiger partial charge in [-0.3, -0.25) is 4.98 Å². The molecule has 18 heavy (non-hydrogen) atoms. The first-order valence-corrected chi connectivity index (χ1v) is 5.84. The molecule has 0 atom stereocenters. The van der Waals surface area contributed by atoms with Gasteiger partial charge in [0.25, 0.3) is 0 Å². The first-order valence-electron chi connectivity index (χ1n) is 5.84. The third-order valence-electron chi connectivity index (χ3n) is 2.74. The Balaban J connectivity index is 2.27. The Morgan fingerprint density at radius 2 is 2.00 bits per heavy atom. The van der Waals surface area contributed by atoms with Gasteiger partial charge in [-0.1, -0.05) is 0 Å². The van der Waals surface area contributed by atoms with E-state index in [1.54, 1.807) is 18.6 Å². The third-order valence-corrected chi connectivity index (χ3v) is 2.74. The van der Waals surface area contributed by atoms with Crippen LogP contribution >= 0.6 is 0 Å². The van der Waals surface area contributed by atoms with Crippen molar-refractivity contribution in [3.8, 4) is 6.07 Å². The summed E-state index contributed by atoms with van der Waals surface area (Å²) in [5.74, 6) is 0. The number of anilines is 1. The van der Waals surface area contributed by atoms with Gasteiger partial charge in [-0.2, -0.15) is 5.26 Å². The normalized spacial score (nSPS) is 9.78. The summed E-state index contributed by atoms with van der Waals surface area (Å²) in [7, 11) is 0. The molecule has 0 amide bonds. The maximum atomic E-state index is 9.08. The van der Waals surface area contributed by atoms with E-state index in [9.17, 15) is 0 Å². The van der Waals surface area contributed by atoms with Gasteiger partial charge in [-0.05, 0) is 36.8 Å². The van der Waals surface area contributed by atoms with Crippen LogP contribution < -0.4 is 4.90 Å². The van der Waals surface area contributed by atoms with Gasteiger partial charge in [0.2, 0.25) is 0 Å². The van der Waals surface area contributed by atoms with E-state index < -0.39 is 0 Å². The molecule has 2 aromatic heterocycles. The second kappa shape index (κ2) is 5.78. The second-order valence-electron chi connectivity index (χ2n) is 3.85. The first-order chi connectivity index (χ1) is 8.85. The average Bonchev–Trinajstić information content (AvgIpc) is 2.46. The van der Waals surface area contributed by atoms with E-state index in [0.717, 1.165) is 18.8 Å². The molecule has 0 radical (unpaired) electrons. The fraction of sp³-hybridized carbons (Fsp3) is 0.214. The summed E-state index contributed by atoms with van der Waals surface area (Å²) in [5, 5.41) is 9.08. The van der Waals surface area contributed by atoms with Gasteiger partial charge >= 0.3 is 0 Å². The highest BCUT2D eigenvalue weighted by molar-refractivity contribution is 5.55. The van der Waals surface area contributed by atoms with Gasteiger partial charge in [0, 0.05) is 31.7 Å². The van der Waals surface area contributed by atoms with Crippen LogP contribution in [-0.4, -0.2) is 16.5 Å². The van der Waals surface area contributed by atoms with E-state index in [4.69, 9.17) is 5.26 Å². The van der Waals surface area contributed by atoms with Gasteiger partial charge in [0.15, 0.2) is 5.69 Å². The molecule has 0 saturated carbocycles. The zero-order valence-corrected chi connectivity index (χ0v) is 10.2. The second-order valence-corrected chi connectivity index (χ2v) is 3.85. The molecule has 2 rings (SSSR count). The molecule has 2 aromatic rings. The average molecular weight is 238 g/mol. The predicted molar refractivity (Wildman–Crippen MR) is 69.9 cm³/mol. The topological polar surface area (TPSA) is 52.8 Å². The minimum atomic E-state index is 0.466. The van der Waals surface area contributed by atoms with Crippen molar-refractivity contribution in [2.75, 3.05) is 11.4 Å². The molecule has 4 nitrogen and oxygen atoms in total. The van der Waals surface area contributed by atoms with Crippen molar-refractivity contribution < 1.29 is 0 Å². The zero-order chi connectivity index (χ0) is 12.8. The van der Waals surface area contributed by atoms with Gasteiger partial charge < -0.3 is 4.90 Å². The Morgan fingerprint density at radius 3 is 2.67 bits per heavy atom. The van der Waals surface area contributed by atoms with Crippen LogP contribution in [0.4, 0.5) is 5.69 Å². The molecule has 90 valence electrons. The monoisotopic (exact) mass is 238 g/mol. The Morgan fingerprint density at radius 1 is 1.22 bits per heavy atom. The standard InChI is InChI=1S/C14H14N4/c1-2-18(11-12-5-8-16-9-6-12)14-4-3-7-17-13(14)10-15/h3-9H,2,11H2,1H3. The number of aromatic nitrogens is 2. The molecule has 0 saturated heterocycles. The van der Waals surface area contributed by atoms with Crippen LogP contribution in [0.5, 0.6) is 0 Å². The molecule has 0 fully saturated rings. The summed E-state index contributed by atoms with van der Waals surface area (Å²) in [6, 6.07) is 9.86. The quantitative estimate of drug-likeness (QED) is 0.820. The molecule has 2 heterocycles. The Kier molecular flexibility index (Phi) is 3.87. The summed E-state index contributed by atoms with van der Waals surface area (Å²) >= 11 is 0. The fourth-order valence-corrected chi connectivity index (χ4v) is 1.81. The Hall–Kier alpha value is -2.41. The van der Waals surface area contributed by atoms with Crippen molar-refractivity contribution in [3.63, 3.8) is 0 Å². The third kappa shape index (κ3) is 2.64. The molecule has 0 bridgehead atoms. The van der Waals surface area contributed by atoms with E-state index in [-0.39, 0.29) is 0 Å². The molecule has 0 unspecified atom stereocenters. The molecule has 0 aliphatic rings. The van der Waals surface area contributed by atoms with Crippen molar-refractivity contribution in [1.29, 1.82) is 5.26 Å². The van der Waals surface area contributed by atoms with Crippen LogP contribution in [0.15, 0.2) is 42.9 Å². The lowest BCUT2D eigenvalue weighted by Gasteiger charge is -2.23. The maximum Gasteiger partial charge on any atom is 0.163 e. The van der Waals surface area contributed by atoms with Gasteiger partial charge in [0.05, 0.1) is 5.69 Å². The van der Waals surface area contributed by atoms with Gasteiger partial charge in [-0.25, -0.2) is 4.98 Å². The van der Waals surface area contributed by atoms with E-state index in [0.29, 0.717) is 5.69 Å². The highest BCUT2D eigenvalue weighted by Crippen LogP contribution is 2.19. The van der Waals surface area contributed by atoms with Crippen LogP contribution in [0.2, 0.25) is 0 Å². The first kappa shape index (κ1) is 12.1. The highest BCUT2D eigenvalue weighted by Gasteiger charge is 2.10. The number of pyridine rings is 2. The fourth-order valence-electron chi connectivity index (χ4n) is 1.81. The maximum absolute atomic E-state index is 9.08. The van der Waals surface area contributed by atoms with Crippen LogP contribution in [0, 0.1) is 11.3 Å². The summed E-state index contributed by atoms with van der Waals surface area (Å²) in [4.78, 5) is 10.2. The molecule has 4 heteroatoms. The van der Waals surface area contributed by atoms with Crippen LogP contribution in [0.3, 0.4) is 0 Å². The molecule has 0 aromatic carbocycles. The van der Waals surface area contributed by atoms with Crippen molar-refractivity contribution in [3.05, 3.63) is 54.1 Å². The van der Waals surface area contributed by atoms with Crippen molar-refractivity contribution in [1.82, 2.24) is 9.97 Å². The summed E-state index contributed by atoms with van der Waals surface area (Å²) in [5.41, 5.74) is 2.51. The Bertz CT molecular complexity index is 545. The molecule has 0 aliphatic heterocycles. The number of hydrogen-bond acceptors (Lipinski definition) is 4. The minimum absolute atomic E-state index is 0.466. The van der Waals surface area contributed by atoms with Crippen LogP contribution in [0.1, 0.15) is 18.2 Å². The SMILES string of the molecule is CCN(Cc1ccncc1)c1cccnc1C#N.